The molecule has 0 heterocycles. The van der Waals surface area contributed by atoms with E-state index in [1.165, 1.54) is 0 Å². The highest BCUT2D eigenvalue weighted by atomic mass is 32.2. The summed E-state index contributed by atoms with van der Waals surface area (Å²) in [5.74, 6) is -1.43. The summed E-state index contributed by atoms with van der Waals surface area (Å²) in [5, 5.41) is 12.4. The first kappa shape index (κ1) is 22.4. The molecule has 0 saturated heterocycles. The van der Waals surface area contributed by atoms with E-state index in [4.69, 9.17) is 0 Å². The van der Waals surface area contributed by atoms with E-state index < -0.39 is 34.1 Å². The van der Waals surface area contributed by atoms with E-state index in [1.54, 1.807) is 31.2 Å². The lowest BCUT2D eigenvalue weighted by Gasteiger charge is -2.31. The predicted molar refractivity (Wildman–Crippen MR) is 121 cm³/mol. The lowest BCUT2D eigenvalue weighted by atomic mass is 9.75. The van der Waals surface area contributed by atoms with Crippen molar-refractivity contribution in [2.45, 2.75) is 29.7 Å². The minimum atomic E-state index is -1.34. The third kappa shape index (κ3) is 5.27. The molecule has 0 aliphatic carbocycles. The van der Waals surface area contributed by atoms with E-state index in [-0.39, 0.29) is 12.2 Å². The number of hydrogen-bond donors (Lipinski definition) is 2. The molecular weight excluding hydrogens is 410 g/mol. The molecule has 2 N–H and O–H groups in total. The molecule has 6 heteroatoms. The van der Waals surface area contributed by atoms with Gasteiger partial charge < -0.3 is 10.4 Å². The van der Waals surface area contributed by atoms with Crippen LogP contribution in [0, 0.1) is 0 Å². The summed E-state index contributed by atoms with van der Waals surface area (Å²) in [7, 11) is -1.34. The molecule has 3 rings (SSSR count). The topological polar surface area (TPSA) is 83.5 Å². The van der Waals surface area contributed by atoms with Crippen LogP contribution in [-0.4, -0.2) is 33.0 Å². The fourth-order valence-electron chi connectivity index (χ4n) is 3.45. The SMILES string of the molecule is CC(C(=O)N[C@H](CC[S@@](=O)c1ccccc1)C(=O)O)(c1ccccc1)c1ccccc1. The number of carboxylic acid groups (broad SMARTS) is 1. The second kappa shape index (κ2) is 10.2. The van der Waals surface area contributed by atoms with Gasteiger partial charge in [-0.2, -0.15) is 0 Å². The number of nitrogens with one attached hydrogen (secondary N) is 1. The first-order valence-electron chi connectivity index (χ1n) is 10.0. The lowest BCUT2D eigenvalue weighted by Crippen LogP contribution is -2.50. The zero-order valence-electron chi connectivity index (χ0n) is 17.2. The van der Waals surface area contributed by atoms with Gasteiger partial charge in [-0.05, 0) is 36.6 Å². The van der Waals surface area contributed by atoms with Gasteiger partial charge >= 0.3 is 5.97 Å². The summed E-state index contributed by atoms with van der Waals surface area (Å²) in [6.45, 7) is 1.79. The van der Waals surface area contributed by atoms with Crippen LogP contribution in [0.15, 0.2) is 95.9 Å². The monoisotopic (exact) mass is 435 g/mol. The Morgan fingerprint density at radius 1 is 0.871 bits per heavy atom. The molecule has 2 atom stereocenters. The summed E-state index contributed by atoms with van der Waals surface area (Å²) in [6.07, 6.45) is 0.0578. The Hall–Kier alpha value is -3.25. The Morgan fingerprint density at radius 3 is 1.77 bits per heavy atom. The van der Waals surface area contributed by atoms with Crippen molar-refractivity contribution in [2.75, 3.05) is 5.75 Å². The number of carbonyl (C=O) groups excluding carboxylic acids is 1. The van der Waals surface area contributed by atoms with Crippen molar-refractivity contribution in [3.63, 3.8) is 0 Å². The molecule has 0 aliphatic rings. The number of aliphatic carboxylic acids is 1. The minimum absolute atomic E-state index is 0.0578. The maximum atomic E-state index is 13.4. The van der Waals surface area contributed by atoms with Crippen LogP contribution in [0.5, 0.6) is 0 Å². The molecule has 31 heavy (non-hydrogen) atoms. The molecule has 0 saturated carbocycles. The van der Waals surface area contributed by atoms with Gasteiger partial charge in [-0.1, -0.05) is 78.9 Å². The number of carbonyl (C=O) groups is 2. The van der Waals surface area contributed by atoms with Crippen molar-refractivity contribution in [2.24, 2.45) is 0 Å². The fraction of sp³-hybridized carbons (Fsp3) is 0.200. The van der Waals surface area contributed by atoms with Gasteiger partial charge in [0.1, 0.15) is 6.04 Å². The summed E-state index contributed by atoms with van der Waals surface area (Å²) >= 11 is 0. The average Bonchev–Trinajstić information content (AvgIpc) is 2.82. The Kier molecular flexibility index (Phi) is 7.36. The number of hydrogen-bond acceptors (Lipinski definition) is 3. The van der Waals surface area contributed by atoms with Gasteiger partial charge in [0.25, 0.3) is 0 Å². The van der Waals surface area contributed by atoms with Crippen LogP contribution in [-0.2, 0) is 25.8 Å². The Bertz CT molecular complexity index is 999. The van der Waals surface area contributed by atoms with Crippen molar-refractivity contribution in [1.29, 1.82) is 0 Å². The van der Waals surface area contributed by atoms with Crippen molar-refractivity contribution >= 4 is 22.7 Å². The van der Waals surface area contributed by atoms with Crippen LogP contribution in [0.2, 0.25) is 0 Å². The van der Waals surface area contributed by atoms with E-state index in [1.807, 2.05) is 66.7 Å². The molecule has 0 unspecified atom stereocenters. The van der Waals surface area contributed by atoms with E-state index in [0.29, 0.717) is 4.90 Å². The molecule has 160 valence electrons. The molecule has 0 aromatic heterocycles. The minimum Gasteiger partial charge on any atom is -0.480 e. The second-order valence-corrected chi connectivity index (χ2v) is 8.94. The molecule has 0 fully saturated rings. The molecule has 5 nitrogen and oxygen atoms in total. The lowest BCUT2D eigenvalue weighted by molar-refractivity contribution is -0.142. The van der Waals surface area contributed by atoms with Gasteiger partial charge in [0.15, 0.2) is 0 Å². The summed E-state index contributed by atoms with van der Waals surface area (Å²) in [4.78, 5) is 26.0. The van der Waals surface area contributed by atoms with E-state index in [2.05, 4.69) is 5.32 Å². The largest absolute Gasteiger partial charge is 0.480 e. The van der Waals surface area contributed by atoms with Crippen LogP contribution in [0.3, 0.4) is 0 Å². The van der Waals surface area contributed by atoms with Crippen molar-refractivity contribution < 1.29 is 18.9 Å². The fourth-order valence-corrected chi connectivity index (χ4v) is 4.59. The van der Waals surface area contributed by atoms with Crippen LogP contribution in [0.1, 0.15) is 24.5 Å². The Labute approximate surface area is 184 Å². The number of rotatable bonds is 9. The van der Waals surface area contributed by atoms with E-state index in [9.17, 15) is 18.9 Å². The van der Waals surface area contributed by atoms with Crippen molar-refractivity contribution in [1.82, 2.24) is 5.32 Å². The predicted octanol–water partition coefficient (Wildman–Crippen LogP) is 3.76. The zero-order chi connectivity index (χ0) is 22.3. The maximum Gasteiger partial charge on any atom is 0.326 e. The molecule has 0 spiro atoms. The number of amides is 1. The summed E-state index contributed by atoms with van der Waals surface area (Å²) < 4.78 is 12.5. The molecule has 3 aromatic carbocycles. The van der Waals surface area contributed by atoms with Crippen molar-refractivity contribution in [3.05, 3.63) is 102 Å². The highest BCUT2D eigenvalue weighted by Gasteiger charge is 2.38. The van der Waals surface area contributed by atoms with E-state index >= 15 is 0 Å². The third-order valence-corrected chi connectivity index (χ3v) is 6.76. The van der Waals surface area contributed by atoms with Gasteiger partial charge in [0, 0.05) is 10.6 Å². The zero-order valence-corrected chi connectivity index (χ0v) is 18.0. The average molecular weight is 436 g/mol. The quantitative estimate of drug-likeness (QED) is 0.536. The van der Waals surface area contributed by atoms with Crippen LogP contribution < -0.4 is 5.32 Å². The van der Waals surface area contributed by atoms with Crippen LogP contribution in [0.4, 0.5) is 0 Å². The molecule has 0 aliphatic heterocycles. The van der Waals surface area contributed by atoms with Crippen molar-refractivity contribution in [3.8, 4) is 0 Å². The highest BCUT2D eigenvalue weighted by Crippen LogP contribution is 2.32. The van der Waals surface area contributed by atoms with E-state index in [0.717, 1.165) is 11.1 Å². The summed E-state index contributed by atoms with van der Waals surface area (Å²) in [6, 6.07) is 26.3. The standard InChI is InChI=1S/C25H25NO4S/c1-25(19-11-5-2-6-12-19,20-13-7-3-8-14-20)24(29)26-22(23(27)28)17-18-31(30)21-15-9-4-10-16-21/h2-16,22H,17-18H2,1H3,(H,26,29)(H,27,28)/t22-,31-/m1/s1. The van der Waals surface area contributed by atoms with Crippen LogP contribution in [0.25, 0.3) is 0 Å². The van der Waals surface area contributed by atoms with Crippen LogP contribution >= 0.6 is 0 Å². The highest BCUT2D eigenvalue weighted by molar-refractivity contribution is 7.85. The Morgan fingerprint density at radius 2 is 1.32 bits per heavy atom. The molecular formula is C25H25NO4S. The third-order valence-electron chi connectivity index (χ3n) is 5.36. The Balaban J connectivity index is 1.82. The first-order chi connectivity index (χ1) is 14.9. The molecule has 3 aromatic rings. The normalized spacial score (nSPS) is 13.2. The van der Waals surface area contributed by atoms with Gasteiger partial charge in [0.2, 0.25) is 5.91 Å². The molecule has 0 bridgehead atoms. The molecule has 0 radical (unpaired) electrons. The summed E-state index contributed by atoms with van der Waals surface area (Å²) in [5.41, 5.74) is 0.445. The smallest absolute Gasteiger partial charge is 0.326 e. The number of benzene rings is 3. The maximum absolute atomic E-state index is 13.4. The van der Waals surface area contributed by atoms with Gasteiger partial charge in [-0.15, -0.1) is 0 Å². The number of carboxylic acids is 1. The molecule has 1 amide bonds. The first-order valence-corrected chi connectivity index (χ1v) is 11.3. The van der Waals surface area contributed by atoms with Gasteiger partial charge in [0.05, 0.1) is 16.2 Å². The van der Waals surface area contributed by atoms with Gasteiger partial charge in [-0.25, -0.2) is 4.79 Å². The second-order valence-electron chi connectivity index (χ2n) is 7.37. The van der Waals surface area contributed by atoms with Gasteiger partial charge in [-0.3, -0.25) is 9.00 Å².